The van der Waals surface area contributed by atoms with Crippen molar-refractivity contribution in [2.24, 2.45) is 0 Å². The molecule has 0 atom stereocenters. The van der Waals surface area contributed by atoms with E-state index in [-0.39, 0.29) is 0 Å². The number of rotatable bonds is 4. The number of benzene rings is 2. The van der Waals surface area contributed by atoms with Crippen LogP contribution in [0.1, 0.15) is 5.69 Å². The van der Waals surface area contributed by atoms with Gasteiger partial charge < -0.3 is 4.74 Å². The number of aromatic nitrogens is 5. The molecule has 6 nitrogen and oxygen atoms in total. The van der Waals surface area contributed by atoms with Gasteiger partial charge in [0.1, 0.15) is 5.75 Å². The van der Waals surface area contributed by atoms with E-state index in [1.807, 2.05) is 31.2 Å². The molecule has 0 bridgehead atoms. The van der Waals surface area contributed by atoms with Crippen molar-refractivity contribution in [1.82, 2.24) is 25.6 Å². The molecular formula is C20H17N5O. The first kappa shape index (κ1) is 16.0. The molecule has 2 heterocycles. The summed E-state index contributed by atoms with van der Waals surface area (Å²) in [7, 11) is 1.67. The molecule has 2 aromatic carbocycles. The van der Waals surface area contributed by atoms with Crippen molar-refractivity contribution in [3.8, 4) is 39.4 Å². The summed E-state index contributed by atoms with van der Waals surface area (Å²) < 4.78 is 5.52. The number of methoxy groups -OCH3 is 1. The van der Waals surface area contributed by atoms with Crippen LogP contribution >= 0.6 is 0 Å². The standard InChI is InChI=1S/C20H17N5O/c1-13-19(26-2)17(11-12-21-13)15-9-7-14(8-10-15)16-5-3-4-6-18(16)20-22-24-25-23-20/h3-12H,1-2H3,(H,22,23,24,25). The average Bonchev–Trinajstić information content (AvgIpc) is 3.23. The topological polar surface area (TPSA) is 76.6 Å². The van der Waals surface area contributed by atoms with E-state index in [0.717, 1.165) is 39.3 Å². The lowest BCUT2D eigenvalue weighted by atomic mass is 9.96. The third-order valence-corrected chi connectivity index (χ3v) is 4.32. The lowest BCUT2D eigenvalue weighted by Gasteiger charge is -2.12. The van der Waals surface area contributed by atoms with Gasteiger partial charge in [-0.15, -0.1) is 5.10 Å². The van der Waals surface area contributed by atoms with Crippen LogP contribution in [0, 0.1) is 6.92 Å². The second-order valence-electron chi connectivity index (χ2n) is 5.85. The maximum Gasteiger partial charge on any atom is 0.180 e. The van der Waals surface area contributed by atoms with Crippen LogP contribution < -0.4 is 4.74 Å². The van der Waals surface area contributed by atoms with Crippen molar-refractivity contribution in [1.29, 1.82) is 0 Å². The first-order valence-corrected chi connectivity index (χ1v) is 8.21. The largest absolute Gasteiger partial charge is 0.494 e. The number of nitrogens with zero attached hydrogens (tertiary/aromatic N) is 4. The summed E-state index contributed by atoms with van der Waals surface area (Å²) in [6.07, 6.45) is 1.80. The summed E-state index contributed by atoms with van der Waals surface area (Å²) >= 11 is 0. The van der Waals surface area contributed by atoms with E-state index in [9.17, 15) is 0 Å². The van der Waals surface area contributed by atoms with Crippen molar-refractivity contribution in [2.75, 3.05) is 7.11 Å². The fourth-order valence-corrected chi connectivity index (χ4v) is 3.08. The molecule has 0 spiro atoms. The summed E-state index contributed by atoms with van der Waals surface area (Å²) in [6, 6.07) is 18.4. The molecule has 4 aromatic rings. The van der Waals surface area contributed by atoms with E-state index >= 15 is 0 Å². The minimum Gasteiger partial charge on any atom is -0.494 e. The minimum absolute atomic E-state index is 0.649. The number of aromatic amines is 1. The summed E-state index contributed by atoms with van der Waals surface area (Å²) in [5, 5.41) is 14.2. The number of hydrogen-bond donors (Lipinski definition) is 1. The Morgan fingerprint density at radius 3 is 2.19 bits per heavy atom. The van der Waals surface area contributed by atoms with Crippen LogP contribution in [0.15, 0.2) is 60.8 Å². The molecule has 1 N–H and O–H groups in total. The lowest BCUT2D eigenvalue weighted by molar-refractivity contribution is 0.411. The van der Waals surface area contributed by atoms with Crippen LogP contribution in [-0.4, -0.2) is 32.7 Å². The van der Waals surface area contributed by atoms with Gasteiger partial charge in [-0.1, -0.05) is 48.5 Å². The molecule has 128 valence electrons. The summed E-state index contributed by atoms with van der Waals surface area (Å²) in [6.45, 7) is 1.94. The minimum atomic E-state index is 0.649. The van der Waals surface area contributed by atoms with Gasteiger partial charge in [0.25, 0.3) is 0 Å². The zero-order valence-electron chi connectivity index (χ0n) is 14.5. The van der Waals surface area contributed by atoms with Crippen molar-refractivity contribution in [2.45, 2.75) is 6.92 Å². The Labute approximate surface area is 150 Å². The molecule has 0 aliphatic heterocycles. The Bertz CT molecular complexity index is 1030. The van der Waals surface area contributed by atoms with E-state index in [2.05, 4.69) is 55.9 Å². The molecule has 6 heteroatoms. The second kappa shape index (κ2) is 6.76. The van der Waals surface area contributed by atoms with Gasteiger partial charge in [-0.25, -0.2) is 5.10 Å². The molecule has 0 unspecified atom stereocenters. The third-order valence-electron chi connectivity index (χ3n) is 4.32. The lowest BCUT2D eigenvalue weighted by Crippen LogP contribution is -1.93. The number of pyridine rings is 1. The van der Waals surface area contributed by atoms with Crippen LogP contribution in [0.3, 0.4) is 0 Å². The average molecular weight is 343 g/mol. The van der Waals surface area contributed by atoms with Gasteiger partial charge in [0, 0.05) is 17.3 Å². The summed E-state index contributed by atoms with van der Waals surface area (Å²) in [5.74, 6) is 1.45. The highest BCUT2D eigenvalue weighted by Crippen LogP contribution is 2.34. The Morgan fingerprint density at radius 2 is 1.54 bits per heavy atom. The molecule has 0 saturated heterocycles. The van der Waals surface area contributed by atoms with E-state index in [1.165, 1.54) is 0 Å². The van der Waals surface area contributed by atoms with Crippen LogP contribution in [0.4, 0.5) is 0 Å². The fourth-order valence-electron chi connectivity index (χ4n) is 3.08. The smallest absolute Gasteiger partial charge is 0.180 e. The Hall–Kier alpha value is -3.54. The third kappa shape index (κ3) is 2.82. The van der Waals surface area contributed by atoms with Gasteiger partial charge >= 0.3 is 0 Å². The fraction of sp³-hybridized carbons (Fsp3) is 0.100. The molecule has 0 fully saturated rings. The highest BCUT2D eigenvalue weighted by atomic mass is 16.5. The predicted molar refractivity (Wildman–Crippen MR) is 99.6 cm³/mol. The number of aryl methyl sites for hydroxylation is 1. The van der Waals surface area contributed by atoms with Crippen molar-refractivity contribution >= 4 is 0 Å². The number of hydrogen-bond acceptors (Lipinski definition) is 5. The van der Waals surface area contributed by atoms with Crippen molar-refractivity contribution < 1.29 is 4.74 Å². The summed E-state index contributed by atoms with van der Waals surface area (Å²) in [5.41, 5.74) is 6.09. The number of ether oxygens (including phenoxy) is 1. The van der Waals surface area contributed by atoms with E-state index < -0.39 is 0 Å². The van der Waals surface area contributed by atoms with Crippen molar-refractivity contribution in [3.05, 3.63) is 66.5 Å². The van der Waals surface area contributed by atoms with Crippen LogP contribution in [0.5, 0.6) is 5.75 Å². The van der Waals surface area contributed by atoms with Crippen LogP contribution in [0.2, 0.25) is 0 Å². The summed E-state index contributed by atoms with van der Waals surface area (Å²) in [4.78, 5) is 4.29. The van der Waals surface area contributed by atoms with Gasteiger partial charge in [-0.05, 0) is 40.1 Å². The molecule has 0 saturated carbocycles. The Balaban J connectivity index is 1.76. The van der Waals surface area contributed by atoms with Gasteiger partial charge in [0.15, 0.2) is 5.82 Å². The number of nitrogens with one attached hydrogen (secondary N) is 1. The zero-order chi connectivity index (χ0) is 17.9. The number of tetrazole rings is 1. The second-order valence-corrected chi connectivity index (χ2v) is 5.85. The molecule has 0 radical (unpaired) electrons. The first-order chi connectivity index (χ1) is 12.8. The maximum absolute atomic E-state index is 5.52. The Morgan fingerprint density at radius 1 is 0.846 bits per heavy atom. The molecule has 4 rings (SSSR count). The van der Waals surface area contributed by atoms with Gasteiger partial charge in [-0.3, -0.25) is 4.98 Å². The first-order valence-electron chi connectivity index (χ1n) is 8.21. The van der Waals surface area contributed by atoms with Crippen molar-refractivity contribution in [3.63, 3.8) is 0 Å². The molecule has 0 amide bonds. The highest BCUT2D eigenvalue weighted by molar-refractivity contribution is 5.82. The monoisotopic (exact) mass is 343 g/mol. The van der Waals surface area contributed by atoms with E-state index in [1.54, 1.807) is 13.3 Å². The zero-order valence-corrected chi connectivity index (χ0v) is 14.5. The van der Waals surface area contributed by atoms with Gasteiger partial charge in [-0.2, -0.15) is 0 Å². The molecule has 0 aliphatic carbocycles. The molecule has 2 aromatic heterocycles. The normalized spacial score (nSPS) is 10.7. The quantitative estimate of drug-likeness (QED) is 0.608. The number of H-pyrrole nitrogens is 1. The van der Waals surface area contributed by atoms with Crippen LogP contribution in [-0.2, 0) is 0 Å². The molecule has 26 heavy (non-hydrogen) atoms. The Kier molecular flexibility index (Phi) is 4.15. The van der Waals surface area contributed by atoms with Crippen LogP contribution in [0.25, 0.3) is 33.6 Å². The van der Waals surface area contributed by atoms with Gasteiger partial charge in [0.2, 0.25) is 0 Å². The van der Waals surface area contributed by atoms with E-state index in [0.29, 0.717) is 5.82 Å². The maximum atomic E-state index is 5.52. The van der Waals surface area contributed by atoms with E-state index in [4.69, 9.17) is 4.74 Å². The SMILES string of the molecule is COc1c(-c2ccc(-c3ccccc3-c3nnn[nH]3)cc2)ccnc1C. The predicted octanol–water partition coefficient (Wildman–Crippen LogP) is 3.91. The molecular weight excluding hydrogens is 326 g/mol. The molecule has 0 aliphatic rings. The van der Waals surface area contributed by atoms with Gasteiger partial charge in [0.05, 0.1) is 12.8 Å². The highest BCUT2D eigenvalue weighted by Gasteiger charge is 2.12.